The highest BCUT2D eigenvalue weighted by molar-refractivity contribution is 5.76. The van der Waals surface area contributed by atoms with Crippen molar-refractivity contribution >= 4 is 5.97 Å². The molecule has 3 N–H and O–H groups in total. The van der Waals surface area contributed by atoms with E-state index in [0.29, 0.717) is 18.3 Å². The maximum Gasteiger partial charge on any atom is 0.312 e. The number of rotatable bonds is 1. The largest absolute Gasteiger partial charge is 0.481 e. The van der Waals surface area contributed by atoms with Gasteiger partial charge in [-0.05, 0) is 93.8 Å². The summed E-state index contributed by atoms with van der Waals surface area (Å²) in [5.41, 5.74) is -1.43. The number of hydrogen-bond donors (Lipinski definition) is 3. The molecule has 4 aliphatic carbocycles. The number of carboxylic acids is 1. The van der Waals surface area contributed by atoms with E-state index in [4.69, 9.17) is 0 Å². The summed E-state index contributed by atoms with van der Waals surface area (Å²) in [7, 11) is 0. The van der Waals surface area contributed by atoms with Gasteiger partial charge in [-0.25, -0.2) is 0 Å². The third-order valence-electron chi connectivity index (χ3n) is 9.14. The van der Waals surface area contributed by atoms with E-state index >= 15 is 0 Å². The summed E-state index contributed by atoms with van der Waals surface area (Å²) in [6.45, 7) is 6.08. The Bertz CT molecular complexity index is 572. The molecule has 0 aromatic carbocycles. The molecule has 0 heterocycles. The molecular weight excluding hydrogens is 304 g/mol. The lowest BCUT2D eigenvalue weighted by Gasteiger charge is -2.64. The first kappa shape index (κ1) is 16.8. The minimum Gasteiger partial charge on any atom is -0.481 e. The molecule has 8 atom stereocenters. The van der Waals surface area contributed by atoms with Crippen LogP contribution in [0.2, 0.25) is 0 Å². The van der Waals surface area contributed by atoms with Gasteiger partial charge < -0.3 is 15.3 Å². The van der Waals surface area contributed by atoms with Crippen LogP contribution >= 0.6 is 0 Å². The number of aliphatic hydroxyl groups excluding tert-OH is 1. The van der Waals surface area contributed by atoms with Gasteiger partial charge in [-0.3, -0.25) is 4.79 Å². The molecule has 24 heavy (non-hydrogen) atoms. The van der Waals surface area contributed by atoms with Crippen LogP contribution in [0.15, 0.2) is 0 Å². The molecule has 2 bridgehead atoms. The average Bonchev–Trinajstić information content (AvgIpc) is 2.68. The fraction of sp³-hybridized carbons (Fsp3) is 0.950. The molecule has 0 aromatic rings. The quantitative estimate of drug-likeness (QED) is 0.687. The minimum atomic E-state index is -1.04. The topological polar surface area (TPSA) is 77.8 Å². The summed E-state index contributed by atoms with van der Waals surface area (Å²) < 4.78 is 0. The molecule has 4 heteroatoms. The van der Waals surface area contributed by atoms with E-state index in [-0.39, 0.29) is 16.7 Å². The molecule has 4 rings (SSSR count). The molecule has 0 saturated heterocycles. The second-order valence-electron chi connectivity index (χ2n) is 10.2. The van der Waals surface area contributed by atoms with Gasteiger partial charge in [0.15, 0.2) is 0 Å². The highest BCUT2D eigenvalue weighted by Crippen LogP contribution is 2.72. The molecule has 4 fully saturated rings. The van der Waals surface area contributed by atoms with Gasteiger partial charge in [0, 0.05) is 0 Å². The van der Waals surface area contributed by atoms with Crippen LogP contribution in [0.5, 0.6) is 0 Å². The number of carboxylic acid groups (broad SMARTS) is 1. The molecule has 4 saturated carbocycles. The van der Waals surface area contributed by atoms with E-state index < -0.39 is 23.1 Å². The first-order chi connectivity index (χ1) is 11.1. The smallest absolute Gasteiger partial charge is 0.312 e. The van der Waals surface area contributed by atoms with Crippen molar-refractivity contribution < 1.29 is 20.1 Å². The van der Waals surface area contributed by atoms with Gasteiger partial charge in [0.05, 0.1) is 17.1 Å². The maximum atomic E-state index is 12.1. The monoisotopic (exact) mass is 336 g/mol. The minimum absolute atomic E-state index is 0.0315. The molecule has 4 nitrogen and oxygen atoms in total. The van der Waals surface area contributed by atoms with Gasteiger partial charge in [0.2, 0.25) is 0 Å². The van der Waals surface area contributed by atoms with Crippen LogP contribution < -0.4 is 0 Å². The van der Waals surface area contributed by atoms with Gasteiger partial charge in [-0.2, -0.15) is 0 Å². The summed E-state index contributed by atoms with van der Waals surface area (Å²) in [6.07, 6.45) is 6.81. The molecule has 0 amide bonds. The molecule has 136 valence electrons. The van der Waals surface area contributed by atoms with Gasteiger partial charge in [-0.15, -0.1) is 0 Å². The van der Waals surface area contributed by atoms with E-state index in [0.717, 1.165) is 44.9 Å². The third kappa shape index (κ3) is 1.85. The third-order valence-corrected chi connectivity index (χ3v) is 9.14. The number of hydrogen-bond acceptors (Lipinski definition) is 3. The van der Waals surface area contributed by atoms with Crippen molar-refractivity contribution in [1.29, 1.82) is 0 Å². The molecule has 0 aromatic heterocycles. The first-order valence-electron chi connectivity index (χ1n) is 9.70. The van der Waals surface area contributed by atoms with Crippen LogP contribution in [-0.4, -0.2) is 33.0 Å². The van der Waals surface area contributed by atoms with E-state index in [1.165, 1.54) is 0 Å². The Hall–Kier alpha value is -0.610. The Balaban J connectivity index is 1.75. The summed E-state index contributed by atoms with van der Waals surface area (Å²) in [5.74, 6) is 0.0899. The summed E-state index contributed by atoms with van der Waals surface area (Å²) in [4.78, 5) is 12.1. The highest BCUT2D eigenvalue weighted by atomic mass is 16.4. The predicted molar refractivity (Wildman–Crippen MR) is 90.3 cm³/mol. The van der Waals surface area contributed by atoms with E-state index in [2.05, 4.69) is 6.92 Å². The Morgan fingerprint density at radius 1 is 1.00 bits per heavy atom. The first-order valence-corrected chi connectivity index (χ1v) is 9.70. The van der Waals surface area contributed by atoms with Gasteiger partial charge in [0.25, 0.3) is 0 Å². The molecule has 0 aliphatic heterocycles. The Morgan fingerprint density at radius 3 is 2.38 bits per heavy atom. The molecule has 4 aliphatic rings. The lowest BCUT2D eigenvalue weighted by atomic mass is 9.40. The van der Waals surface area contributed by atoms with Crippen molar-refractivity contribution in [2.24, 2.45) is 34.0 Å². The van der Waals surface area contributed by atoms with E-state index in [9.17, 15) is 20.1 Å². The standard InChI is InChI=1S/C20H32O4/c1-17-8-7-15(21)19(3,16(22)23)13(17)6-9-20-10-12(4-5-14(17)20)18(2,24)11-20/h12-15,21,24H,4-11H2,1-3H3,(H,22,23). The van der Waals surface area contributed by atoms with Crippen LogP contribution in [0.4, 0.5) is 0 Å². The molecule has 1 spiro atoms. The number of fused-ring (bicyclic) bond motifs is 3. The maximum absolute atomic E-state index is 12.1. The molecule has 0 radical (unpaired) electrons. The second kappa shape index (κ2) is 4.76. The summed E-state index contributed by atoms with van der Waals surface area (Å²) in [6, 6.07) is 0. The zero-order valence-electron chi connectivity index (χ0n) is 15.2. The Morgan fingerprint density at radius 2 is 1.71 bits per heavy atom. The molecular formula is C20H32O4. The Labute approximate surface area is 144 Å². The fourth-order valence-electron chi connectivity index (χ4n) is 8.00. The van der Waals surface area contributed by atoms with Gasteiger partial charge >= 0.3 is 5.97 Å². The van der Waals surface area contributed by atoms with Crippen LogP contribution in [0.1, 0.15) is 72.1 Å². The number of carbonyl (C=O) groups is 1. The lowest BCUT2D eigenvalue weighted by Crippen LogP contribution is -2.62. The van der Waals surface area contributed by atoms with Gasteiger partial charge in [-0.1, -0.05) is 6.92 Å². The summed E-state index contributed by atoms with van der Waals surface area (Å²) >= 11 is 0. The molecule has 8 unspecified atom stereocenters. The fourth-order valence-corrected chi connectivity index (χ4v) is 8.00. The zero-order valence-corrected chi connectivity index (χ0v) is 15.2. The average molecular weight is 336 g/mol. The van der Waals surface area contributed by atoms with Crippen molar-refractivity contribution in [3.63, 3.8) is 0 Å². The van der Waals surface area contributed by atoms with Crippen molar-refractivity contribution in [3.05, 3.63) is 0 Å². The van der Waals surface area contributed by atoms with Crippen LogP contribution in [-0.2, 0) is 4.79 Å². The lowest BCUT2D eigenvalue weighted by molar-refractivity contribution is -0.204. The zero-order chi connectivity index (χ0) is 17.5. The predicted octanol–water partition coefficient (Wildman–Crippen LogP) is 3.21. The van der Waals surface area contributed by atoms with Crippen molar-refractivity contribution in [3.8, 4) is 0 Å². The van der Waals surface area contributed by atoms with E-state index in [1.54, 1.807) is 6.92 Å². The normalized spacial score (nSPS) is 59.5. The second-order valence-corrected chi connectivity index (χ2v) is 10.2. The van der Waals surface area contributed by atoms with Crippen LogP contribution in [0.25, 0.3) is 0 Å². The van der Waals surface area contributed by atoms with Gasteiger partial charge in [0.1, 0.15) is 0 Å². The van der Waals surface area contributed by atoms with Crippen molar-refractivity contribution in [1.82, 2.24) is 0 Å². The SMILES string of the molecule is CC1(O)CC23CCC4C(C)(CCC(O)C4(C)C(=O)O)C2CCC1C3. The van der Waals surface area contributed by atoms with Crippen LogP contribution in [0, 0.1) is 34.0 Å². The Kier molecular flexibility index (Phi) is 3.34. The number of aliphatic hydroxyl groups is 2. The van der Waals surface area contributed by atoms with E-state index in [1.807, 2.05) is 6.92 Å². The summed E-state index contributed by atoms with van der Waals surface area (Å²) in [5, 5.41) is 31.3. The van der Waals surface area contributed by atoms with Crippen LogP contribution in [0.3, 0.4) is 0 Å². The highest BCUT2D eigenvalue weighted by Gasteiger charge is 2.69. The number of aliphatic carboxylic acids is 1. The van der Waals surface area contributed by atoms with Crippen molar-refractivity contribution in [2.45, 2.75) is 83.8 Å². The van der Waals surface area contributed by atoms with Crippen molar-refractivity contribution in [2.75, 3.05) is 0 Å².